The Labute approximate surface area is 391 Å². The van der Waals surface area contributed by atoms with Crippen LogP contribution in [0, 0.1) is 20.8 Å². The summed E-state index contributed by atoms with van der Waals surface area (Å²) in [6.45, 7) is 11.0. The van der Waals surface area contributed by atoms with Gasteiger partial charge in [0.25, 0.3) is 0 Å². The molecule has 372 valence electrons. The average molecular weight is 923 g/mol. The van der Waals surface area contributed by atoms with Crippen molar-refractivity contribution in [3.8, 4) is 11.5 Å². The van der Waals surface area contributed by atoms with Crippen molar-refractivity contribution in [1.29, 1.82) is 0 Å². The minimum absolute atomic E-state index is 0.123. The van der Waals surface area contributed by atoms with Gasteiger partial charge in [0.2, 0.25) is 0 Å². The number of aliphatic hydroxyl groups excluding tert-OH is 1. The molecule has 11 heteroatoms. The molecule has 1 heterocycles. The fourth-order valence-corrected chi connectivity index (χ4v) is 9.66. The highest BCUT2D eigenvalue weighted by molar-refractivity contribution is 7.47. The molecule has 2 N–H and O–H groups in total. The predicted octanol–water partition coefficient (Wildman–Crippen LogP) is 15.2. The maximum atomic E-state index is 13.4. The van der Waals surface area contributed by atoms with Gasteiger partial charge in [-0.2, -0.15) is 0 Å². The molecule has 0 fully saturated rings. The lowest BCUT2D eigenvalue weighted by molar-refractivity contribution is -0.161. The Morgan fingerprint density at radius 3 is 1.44 bits per heavy atom. The van der Waals surface area contributed by atoms with Gasteiger partial charge in [-0.1, -0.05) is 194 Å². The summed E-state index contributed by atoms with van der Waals surface area (Å²) in [5.41, 5.74) is 2.19. The van der Waals surface area contributed by atoms with Gasteiger partial charge < -0.3 is 23.8 Å². The summed E-state index contributed by atoms with van der Waals surface area (Å²) < 4.78 is 42.0. The van der Waals surface area contributed by atoms with Gasteiger partial charge in [0, 0.05) is 18.4 Å². The molecular formula is C53H95O10P. The van der Waals surface area contributed by atoms with Crippen LogP contribution in [0.2, 0.25) is 0 Å². The molecule has 0 radical (unpaired) electrons. The molecule has 2 unspecified atom stereocenters. The summed E-state index contributed by atoms with van der Waals surface area (Å²) in [4.78, 5) is 36.7. The molecule has 1 aromatic rings. The maximum absolute atomic E-state index is 13.4. The van der Waals surface area contributed by atoms with Crippen LogP contribution in [0.4, 0.5) is 0 Å². The van der Waals surface area contributed by atoms with Gasteiger partial charge in [0.1, 0.15) is 30.3 Å². The highest BCUT2D eigenvalue weighted by Gasteiger charge is 2.36. The van der Waals surface area contributed by atoms with Crippen molar-refractivity contribution in [3.63, 3.8) is 0 Å². The van der Waals surface area contributed by atoms with Gasteiger partial charge >= 0.3 is 19.8 Å². The van der Waals surface area contributed by atoms with E-state index in [0.29, 0.717) is 36.1 Å². The van der Waals surface area contributed by atoms with E-state index in [9.17, 15) is 24.2 Å². The number of hydrogen-bond acceptors (Lipinski definition) is 9. The van der Waals surface area contributed by atoms with Crippen LogP contribution in [-0.4, -0.2) is 53.5 Å². The van der Waals surface area contributed by atoms with Crippen LogP contribution in [0.15, 0.2) is 0 Å². The van der Waals surface area contributed by atoms with Gasteiger partial charge in [-0.3, -0.25) is 19.0 Å². The molecule has 0 saturated carbocycles. The zero-order valence-corrected chi connectivity index (χ0v) is 42.7. The second-order valence-corrected chi connectivity index (χ2v) is 20.6. The van der Waals surface area contributed by atoms with Crippen LogP contribution >= 0.6 is 7.82 Å². The summed E-state index contributed by atoms with van der Waals surface area (Å²) in [5, 5.41) is 9.90. The first-order valence-electron chi connectivity index (χ1n) is 26.3. The Morgan fingerprint density at radius 2 is 1.02 bits per heavy atom. The Hall–Kier alpha value is -2.13. The summed E-state index contributed by atoms with van der Waals surface area (Å²) in [6.07, 6.45) is 37.6. The summed E-state index contributed by atoms with van der Waals surface area (Å²) >= 11 is 0. The number of fused-ring (bicyclic) bond motifs is 1. The number of esters is 2. The lowest BCUT2D eigenvalue weighted by Crippen LogP contribution is -2.40. The highest BCUT2D eigenvalue weighted by atomic mass is 31.2. The molecule has 3 atom stereocenters. The Kier molecular flexibility index (Phi) is 31.8. The van der Waals surface area contributed by atoms with Crippen LogP contribution < -0.4 is 9.26 Å². The predicted molar refractivity (Wildman–Crippen MR) is 261 cm³/mol. The Bertz CT molecular complexity index is 1450. The standard InChI is InChI=1S/C53H95O10P/c1-7-9-11-13-15-17-19-21-23-25-27-29-31-33-35-37-49(55)59-41-47(61-50(56)38-36-34-32-30-28-26-24-22-20-18-16-14-12-10-8-2)42-60-64(57,58)63-51-44(3)45(4)52-48(46(51)5)39-40-53(6,43-54)62-52/h47,54H,7-43H2,1-6H3,(H,57,58)/t47-,53?/m1/s1. The average Bonchev–Trinajstić information content (AvgIpc) is 3.28. The van der Waals surface area contributed by atoms with Gasteiger partial charge in [-0.05, 0) is 70.1 Å². The van der Waals surface area contributed by atoms with Crippen molar-refractivity contribution >= 4 is 19.8 Å². The summed E-state index contributed by atoms with van der Waals surface area (Å²) in [6, 6.07) is 0. The van der Waals surface area contributed by atoms with Crippen LogP contribution in [0.5, 0.6) is 11.5 Å². The monoisotopic (exact) mass is 923 g/mol. The highest BCUT2D eigenvalue weighted by Crippen LogP contribution is 2.50. The Morgan fingerprint density at radius 1 is 0.609 bits per heavy atom. The topological polar surface area (TPSA) is 138 Å². The second kappa shape index (κ2) is 35.1. The van der Waals surface area contributed by atoms with E-state index in [0.717, 1.165) is 49.7 Å². The second-order valence-electron chi connectivity index (χ2n) is 19.3. The molecule has 2 rings (SSSR count). The fraction of sp³-hybridized carbons (Fsp3) is 0.849. The van der Waals surface area contributed by atoms with E-state index in [4.69, 9.17) is 23.3 Å². The number of aliphatic hydroxyl groups is 1. The van der Waals surface area contributed by atoms with E-state index < -0.39 is 38.1 Å². The molecule has 0 amide bonds. The normalized spacial score (nSPS) is 16.2. The zero-order valence-electron chi connectivity index (χ0n) is 41.8. The van der Waals surface area contributed by atoms with Gasteiger partial charge in [-0.15, -0.1) is 0 Å². The van der Waals surface area contributed by atoms with E-state index in [-0.39, 0.29) is 31.8 Å². The number of carbonyl (C=O) groups is 2. The van der Waals surface area contributed by atoms with Crippen molar-refractivity contribution in [2.45, 2.75) is 272 Å². The van der Waals surface area contributed by atoms with Crippen molar-refractivity contribution in [2.75, 3.05) is 19.8 Å². The van der Waals surface area contributed by atoms with E-state index in [1.165, 1.54) is 148 Å². The molecule has 1 aliphatic rings. The van der Waals surface area contributed by atoms with Crippen LogP contribution in [0.3, 0.4) is 0 Å². The molecule has 0 spiro atoms. The van der Waals surface area contributed by atoms with Gasteiger partial charge in [-0.25, -0.2) is 4.57 Å². The first kappa shape index (κ1) is 58.0. The lowest BCUT2D eigenvalue weighted by Gasteiger charge is -2.37. The van der Waals surface area contributed by atoms with Crippen LogP contribution in [0.25, 0.3) is 0 Å². The number of unbranched alkanes of at least 4 members (excludes halogenated alkanes) is 28. The minimum atomic E-state index is -4.71. The molecule has 64 heavy (non-hydrogen) atoms. The maximum Gasteiger partial charge on any atom is 0.527 e. The molecule has 1 aliphatic heterocycles. The first-order chi connectivity index (χ1) is 30.9. The third kappa shape index (κ3) is 25.7. The number of phosphoric ester groups is 1. The summed E-state index contributed by atoms with van der Waals surface area (Å²) in [5.74, 6) is 0.0418. The molecule has 0 saturated heterocycles. The van der Waals surface area contributed by atoms with Crippen molar-refractivity contribution < 1.29 is 47.4 Å². The van der Waals surface area contributed by atoms with Crippen molar-refractivity contribution in [2.24, 2.45) is 0 Å². The number of rotatable bonds is 41. The largest absolute Gasteiger partial charge is 0.527 e. The van der Waals surface area contributed by atoms with E-state index in [2.05, 4.69) is 13.8 Å². The number of benzene rings is 1. The fourth-order valence-electron chi connectivity index (χ4n) is 8.75. The number of phosphoric acid groups is 1. The van der Waals surface area contributed by atoms with Gasteiger partial charge in [0.05, 0.1) is 6.61 Å². The van der Waals surface area contributed by atoms with E-state index in [1.54, 1.807) is 6.92 Å². The third-order valence-corrected chi connectivity index (χ3v) is 14.1. The number of carbonyl (C=O) groups excluding carboxylic acids is 2. The smallest absolute Gasteiger partial charge is 0.485 e. The number of hydrogen-bond donors (Lipinski definition) is 2. The summed E-state index contributed by atoms with van der Waals surface area (Å²) in [7, 11) is -4.71. The minimum Gasteiger partial charge on any atom is -0.485 e. The third-order valence-electron chi connectivity index (χ3n) is 13.2. The Balaban J connectivity index is 1.81. The van der Waals surface area contributed by atoms with E-state index >= 15 is 0 Å². The molecule has 10 nitrogen and oxygen atoms in total. The molecular weight excluding hydrogens is 828 g/mol. The van der Waals surface area contributed by atoms with Gasteiger partial charge in [0.15, 0.2) is 6.10 Å². The number of ether oxygens (including phenoxy) is 3. The first-order valence-corrected chi connectivity index (χ1v) is 27.8. The van der Waals surface area contributed by atoms with Crippen molar-refractivity contribution in [1.82, 2.24) is 0 Å². The molecule has 0 bridgehead atoms. The zero-order chi connectivity index (χ0) is 46.9. The molecule has 1 aromatic carbocycles. The quantitative estimate of drug-likeness (QED) is 0.0371. The molecule has 0 aromatic heterocycles. The van der Waals surface area contributed by atoms with Crippen molar-refractivity contribution in [3.05, 3.63) is 22.3 Å². The lowest BCUT2D eigenvalue weighted by atomic mass is 9.87. The van der Waals surface area contributed by atoms with E-state index in [1.807, 2.05) is 20.8 Å². The molecule has 0 aliphatic carbocycles. The van der Waals surface area contributed by atoms with Crippen LogP contribution in [0.1, 0.15) is 255 Å². The SMILES string of the molecule is CCCCCCCCCCCCCCCCCC(=O)OC[C@H](COP(=O)(O)Oc1c(C)c(C)c2c(c1C)CCC(C)(CO)O2)OC(=O)CCCCCCCCCCCCCCCCC. The van der Waals surface area contributed by atoms with Crippen LogP contribution in [-0.2, 0) is 34.6 Å².